The molecule has 35 heavy (non-hydrogen) atoms. The molecule has 194 valence electrons. The monoisotopic (exact) mass is 548 g/mol. The average molecular weight is 550 g/mol. The molecular formula is C28H41BrN2O4. The summed E-state index contributed by atoms with van der Waals surface area (Å²) in [7, 11) is 2.15. The maximum atomic E-state index is 12.8. The largest absolute Gasteiger partial charge is 0.858 e. The van der Waals surface area contributed by atoms with E-state index in [9.17, 15) is 9.90 Å². The molecule has 0 aliphatic heterocycles. The predicted octanol–water partition coefficient (Wildman–Crippen LogP) is 5.70. The van der Waals surface area contributed by atoms with Crippen LogP contribution in [0.25, 0.3) is 0 Å². The fourth-order valence-corrected chi connectivity index (χ4v) is 3.49. The van der Waals surface area contributed by atoms with Crippen LogP contribution < -0.4 is 9.84 Å². The first-order valence-electron chi connectivity index (χ1n) is 12.5. The van der Waals surface area contributed by atoms with Crippen molar-refractivity contribution in [1.82, 2.24) is 0 Å². The normalized spacial score (nSPS) is 11.6. The molecule has 0 aromatic heterocycles. The summed E-state index contributed by atoms with van der Waals surface area (Å²) in [6.45, 7) is 10.2. The predicted molar refractivity (Wildman–Crippen MR) is 146 cm³/mol. The van der Waals surface area contributed by atoms with Gasteiger partial charge in [-0.05, 0) is 56.5 Å². The third kappa shape index (κ3) is 10.4. The number of rotatable bonds is 15. The van der Waals surface area contributed by atoms with E-state index in [1.165, 1.54) is 19.3 Å². The lowest BCUT2D eigenvalue weighted by Crippen LogP contribution is -2.46. The van der Waals surface area contributed by atoms with Gasteiger partial charge in [-0.25, -0.2) is 4.79 Å². The number of para-hydroxylation sites is 1. The summed E-state index contributed by atoms with van der Waals surface area (Å²) in [6, 6.07) is 13.8. The lowest BCUT2D eigenvalue weighted by Gasteiger charge is -2.31. The number of hydrogen-bond acceptors (Lipinski definition) is 5. The van der Waals surface area contributed by atoms with Crippen molar-refractivity contribution >= 4 is 34.5 Å². The Hall–Kier alpha value is -2.38. The Morgan fingerprint density at radius 3 is 2.23 bits per heavy atom. The highest BCUT2D eigenvalue weighted by molar-refractivity contribution is 8.93. The van der Waals surface area contributed by atoms with E-state index in [4.69, 9.17) is 9.47 Å². The number of benzene rings is 2. The second kappa shape index (κ2) is 16.3. The van der Waals surface area contributed by atoms with Crippen LogP contribution in [-0.2, 0) is 4.74 Å². The van der Waals surface area contributed by atoms with Crippen LogP contribution in [0.3, 0.4) is 0 Å². The van der Waals surface area contributed by atoms with Gasteiger partial charge in [0.05, 0.1) is 38.0 Å². The Kier molecular flexibility index (Phi) is 14.3. The maximum Gasteiger partial charge on any atom is 0.338 e. The zero-order valence-corrected chi connectivity index (χ0v) is 23.3. The van der Waals surface area contributed by atoms with Crippen molar-refractivity contribution in [2.75, 3.05) is 39.9 Å². The van der Waals surface area contributed by atoms with Gasteiger partial charge >= 0.3 is 5.97 Å². The van der Waals surface area contributed by atoms with Gasteiger partial charge in [0.15, 0.2) is 0 Å². The Bertz CT molecular complexity index is 911. The Morgan fingerprint density at radius 1 is 0.914 bits per heavy atom. The van der Waals surface area contributed by atoms with Gasteiger partial charge in [0.1, 0.15) is 18.9 Å². The van der Waals surface area contributed by atoms with Gasteiger partial charge in [-0.1, -0.05) is 50.8 Å². The lowest BCUT2D eigenvalue weighted by atomic mass is 10.1. The van der Waals surface area contributed by atoms with Crippen molar-refractivity contribution in [2.45, 2.75) is 52.9 Å². The molecule has 0 unspecified atom stereocenters. The van der Waals surface area contributed by atoms with E-state index < -0.39 is 0 Å². The summed E-state index contributed by atoms with van der Waals surface area (Å²) in [6.07, 6.45) is 5.74. The third-order valence-electron chi connectivity index (χ3n) is 6.35. The van der Waals surface area contributed by atoms with Crippen molar-refractivity contribution in [3.8, 4) is 5.75 Å². The number of likely N-dealkylation sites (N-methyl/N-ethyl adjacent to an activating group) is 1. The van der Waals surface area contributed by atoms with Crippen LogP contribution in [0.1, 0.15) is 68.8 Å². The van der Waals surface area contributed by atoms with Gasteiger partial charge in [0, 0.05) is 5.56 Å². The van der Waals surface area contributed by atoms with E-state index in [0.29, 0.717) is 35.8 Å². The first-order chi connectivity index (χ1) is 16.4. The minimum absolute atomic E-state index is 0. The van der Waals surface area contributed by atoms with E-state index in [2.05, 4.69) is 32.8 Å². The molecule has 7 heteroatoms. The fourth-order valence-electron chi connectivity index (χ4n) is 3.49. The van der Waals surface area contributed by atoms with Crippen molar-refractivity contribution in [3.63, 3.8) is 0 Å². The molecular weight excluding hydrogens is 508 g/mol. The summed E-state index contributed by atoms with van der Waals surface area (Å²) < 4.78 is 12.2. The van der Waals surface area contributed by atoms with Gasteiger partial charge in [-0.3, -0.25) is 4.99 Å². The highest BCUT2D eigenvalue weighted by Gasteiger charge is 2.17. The van der Waals surface area contributed by atoms with Gasteiger partial charge < -0.3 is 19.1 Å². The topological polar surface area (TPSA) is 71.0 Å². The number of carbonyl (C=O) groups excluding carboxylic acids is 1. The fraction of sp³-hybridized carbons (Fsp3) is 0.500. The lowest BCUT2D eigenvalue weighted by molar-refractivity contribution is -0.906. The molecule has 0 saturated carbocycles. The molecule has 0 atom stereocenters. The molecule has 0 saturated heterocycles. The molecule has 2 aromatic rings. The van der Waals surface area contributed by atoms with Crippen molar-refractivity contribution in [1.29, 1.82) is 0 Å². The summed E-state index contributed by atoms with van der Waals surface area (Å²) in [5.74, 6) is -0.182. The van der Waals surface area contributed by atoms with Crippen molar-refractivity contribution in [3.05, 3.63) is 59.7 Å². The van der Waals surface area contributed by atoms with Crippen LogP contribution in [0.15, 0.2) is 53.5 Å². The van der Waals surface area contributed by atoms with Gasteiger partial charge in [0.2, 0.25) is 0 Å². The highest BCUT2D eigenvalue weighted by atomic mass is 79.9. The molecule has 0 radical (unpaired) electrons. The third-order valence-corrected chi connectivity index (χ3v) is 6.35. The van der Waals surface area contributed by atoms with E-state index in [0.717, 1.165) is 37.0 Å². The number of esters is 1. The number of aliphatic imine (C=N–C) groups is 1. The number of unbranched alkanes of at least 4 members (excludes halogenated alkanes) is 4. The van der Waals surface area contributed by atoms with Gasteiger partial charge in [-0.2, -0.15) is 0 Å². The van der Waals surface area contributed by atoms with Crippen LogP contribution >= 0.6 is 17.0 Å². The maximum absolute atomic E-state index is 12.8. The highest BCUT2D eigenvalue weighted by Crippen LogP contribution is 2.21. The van der Waals surface area contributed by atoms with E-state index >= 15 is 0 Å². The molecule has 0 amide bonds. The number of halogens is 1. The average Bonchev–Trinajstić information content (AvgIpc) is 2.86. The standard InChI is InChI=1S/C28H40N2O4.BrH/c1-5-8-9-10-13-21-33-26-15-12-11-14-25(26)27(31)29-24-18-16-23(17-19-24)28(32)34-22-20-30(4,6-2)7-3;/h11-12,14-19H,5-10,13,20-22H2,1-4H3;1H. The number of ether oxygens (including phenoxy) is 2. The van der Waals surface area contributed by atoms with Crippen LogP contribution in [0.4, 0.5) is 5.69 Å². The van der Waals surface area contributed by atoms with E-state index in [1.807, 2.05) is 6.07 Å². The van der Waals surface area contributed by atoms with Crippen LogP contribution in [0.5, 0.6) is 5.75 Å². The van der Waals surface area contributed by atoms with Crippen LogP contribution in [0.2, 0.25) is 0 Å². The molecule has 2 rings (SSSR count). The Labute approximate surface area is 221 Å². The van der Waals surface area contributed by atoms with E-state index in [1.54, 1.807) is 42.5 Å². The summed E-state index contributed by atoms with van der Waals surface area (Å²) >= 11 is 0. The first kappa shape index (κ1) is 30.7. The summed E-state index contributed by atoms with van der Waals surface area (Å²) in [5.41, 5.74) is 1.37. The van der Waals surface area contributed by atoms with Crippen molar-refractivity contribution in [2.24, 2.45) is 4.99 Å². The SMILES string of the molecule is Br.CCCCCCCOc1ccccc1C([O-])=Nc1ccc(C(=O)OCC[N+](C)(CC)CC)cc1. The Balaban J connectivity index is 0.00000612. The molecule has 0 bridgehead atoms. The molecule has 0 N–H and O–H groups in total. The number of nitrogens with zero attached hydrogens (tertiary/aromatic N) is 2. The zero-order chi connectivity index (χ0) is 24.8. The van der Waals surface area contributed by atoms with Gasteiger partial charge in [-0.15, -0.1) is 17.0 Å². The van der Waals surface area contributed by atoms with E-state index in [-0.39, 0.29) is 28.8 Å². The minimum Gasteiger partial charge on any atom is -0.858 e. The molecule has 0 spiro atoms. The van der Waals surface area contributed by atoms with Crippen LogP contribution in [0, 0.1) is 0 Å². The number of carbonyl (C=O) groups is 1. The zero-order valence-electron chi connectivity index (χ0n) is 21.6. The molecule has 0 fully saturated rings. The first-order valence-corrected chi connectivity index (χ1v) is 12.5. The van der Waals surface area contributed by atoms with Crippen LogP contribution in [-0.4, -0.2) is 56.2 Å². The Morgan fingerprint density at radius 2 is 1.57 bits per heavy atom. The minimum atomic E-state index is -0.368. The number of hydrogen-bond donors (Lipinski definition) is 0. The van der Waals surface area contributed by atoms with Crippen molar-refractivity contribution < 1.29 is 23.9 Å². The molecule has 0 aliphatic rings. The van der Waals surface area contributed by atoms with Gasteiger partial charge in [0.25, 0.3) is 0 Å². The molecule has 0 aliphatic carbocycles. The molecule has 2 aromatic carbocycles. The second-order valence-corrected chi connectivity index (χ2v) is 8.83. The second-order valence-electron chi connectivity index (χ2n) is 8.83. The molecule has 0 heterocycles. The summed E-state index contributed by atoms with van der Waals surface area (Å²) in [5, 5.41) is 12.8. The number of quaternary nitrogens is 1. The smallest absolute Gasteiger partial charge is 0.338 e. The molecule has 6 nitrogen and oxygen atoms in total. The summed E-state index contributed by atoms with van der Waals surface area (Å²) in [4.78, 5) is 16.5. The quantitative estimate of drug-likeness (QED) is 0.0941.